The standard InChI is InChI=1S/C15H13NO2/c1-18-14-6-5-13(9-16)15(8-14)12-4-2-3-11(7-12)10-17/h2-8,17H,10H2,1H3. The molecule has 1 N–H and O–H groups in total. The molecule has 0 heterocycles. The van der Waals surface area contributed by atoms with Crippen LogP contribution in [0, 0.1) is 11.3 Å². The highest BCUT2D eigenvalue weighted by atomic mass is 16.5. The lowest BCUT2D eigenvalue weighted by molar-refractivity contribution is 0.282. The molecule has 90 valence electrons. The van der Waals surface area contributed by atoms with E-state index in [-0.39, 0.29) is 6.61 Å². The fourth-order valence-electron chi connectivity index (χ4n) is 1.82. The van der Waals surface area contributed by atoms with Gasteiger partial charge in [-0.3, -0.25) is 0 Å². The summed E-state index contributed by atoms with van der Waals surface area (Å²) in [4.78, 5) is 0. The van der Waals surface area contributed by atoms with Gasteiger partial charge < -0.3 is 9.84 Å². The molecule has 0 bridgehead atoms. The van der Waals surface area contributed by atoms with E-state index in [2.05, 4.69) is 6.07 Å². The van der Waals surface area contributed by atoms with E-state index >= 15 is 0 Å². The summed E-state index contributed by atoms with van der Waals surface area (Å²) in [6.07, 6.45) is 0. The second-order valence-corrected chi connectivity index (χ2v) is 3.88. The molecule has 0 saturated heterocycles. The molecular formula is C15H13NO2. The maximum absolute atomic E-state index is 9.15. The third-order valence-electron chi connectivity index (χ3n) is 2.77. The first-order chi connectivity index (χ1) is 8.78. The predicted octanol–water partition coefficient (Wildman–Crippen LogP) is 2.73. The highest BCUT2D eigenvalue weighted by molar-refractivity contribution is 5.72. The zero-order valence-electron chi connectivity index (χ0n) is 10.1. The van der Waals surface area contributed by atoms with Gasteiger partial charge in [0.05, 0.1) is 25.3 Å². The first-order valence-electron chi connectivity index (χ1n) is 5.57. The lowest BCUT2D eigenvalue weighted by Gasteiger charge is -2.08. The zero-order chi connectivity index (χ0) is 13.0. The number of nitriles is 1. The van der Waals surface area contributed by atoms with Gasteiger partial charge in [-0.05, 0) is 35.4 Å². The first kappa shape index (κ1) is 12.2. The summed E-state index contributed by atoms with van der Waals surface area (Å²) in [5.74, 6) is 0.707. The Balaban J connectivity index is 2.57. The molecule has 2 rings (SSSR count). The number of benzene rings is 2. The Bertz CT molecular complexity index is 600. The number of hydrogen-bond acceptors (Lipinski definition) is 3. The minimum Gasteiger partial charge on any atom is -0.497 e. The SMILES string of the molecule is COc1ccc(C#N)c(-c2cccc(CO)c2)c1. The average molecular weight is 239 g/mol. The first-order valence-corrected chi connectivity index (χ1v) is 5.57. The number of aliphatic hydroxyl groups is 1. The van der Waals surface area contributed by atoms with Gasteiger partial charge in [0.1, 0.15) is 5.75 Å². The number of aliphatic hydroxyl groups excluding tert-OH is 1. The van der Waals surface area contributed by atoms with Gasteiger partial charge in [-0.15, -0.1) is 0 Å². The number of rotatable bonds is 3. The molecule has 0 fully saturated rings. The average Bonchev–Trinajstić information content (AvgIpc) is 2.46. The van der Waals surface area contributed by atoms with E-state index in [4.69, 9.17) is 15.1 Å². The summed E-state index contributed by atoms with van der Waals surface area (Å²) >= 11 is 0. The second kappa shape index (κ2) is 5.35. The molecular weight excluding hydrogens is 226 g/mol. The second-order valence-electron chi connectivity index (χ2n) is 3.88. The van der Waals surface area contributed by atoms with Crippen LogP contribution in [0.1, 0.15) is 11.1 Å². The predicted molar refractivity (Wildman–Crippen MR) is 69.1 cm³/mol. The zero-order valence-corrected chi connectivity index (χ0v) is 10.1. The van der Waals surface area contributed by atoms with Gasteiger partial charge in [0.25, 0.3) is 0 Å². The number of hydrogen-bond donors (Lipinski definition) is 1. The Hall–Kier alpha value is -2.31. The Kier molecular flexibility index (Phi) is 3.61. The summed E-state index contributed by atoms with van der Waals surface area (Å²) in [6, 6.07) is 15.0. The van der Waals surface area contributed by atoms with E-state index in [0.717, 1.165) is 16.7 Å². The van der Waals surface area contributed by atoms with Gasteiger partial charge >= 0.3 is 0 Å². The van der Waals surface area contributed by atoms with Gasteiger partial charge in [0.15, 0.2) is 0 Å². The van der Waals surface area contributed by atoms with Crippen molar-refractivity contribution in [2.75, 3.05) is 7.11 Å². The minimum atomic E-state index is -0.0142. The van der Waals surface area contributed by atoms with Crippen LogP contribution < -0.4 is 4.74 Å². The van der Waals surface area contributed by atoms with E-state index < -0.39 is 0 Å². The summed E-state index contributed by atoms with van der Waals surface area (Å²) in [7, 11) is 1.59. The summed E-state index contributed by atoms with van der Waals surface area (Å²) in [5.41, 5.74) is 3.12. The van der Waals surface area contributed by atoms with Crippen LogP contribution in [0.2, 0.25) is 0 Å². The van der Waals surface area contributed by atoms with Gasteiger partial charge in [-0.1, -0.05) is 18.2 Å². The third-order valence-corrected chi connectivity index (χ3v) is 2.77. The quantitative estimate of drug-likeness (QED) is 0.896. The van der Waals surface area contributed by atoms with E-state index in [1.807, 2.05) is 30.3 Å². The molecule has 2 aromatic rings. The summed E-state index contributed by atoms with van der Waals surface area (Å²) in [5, 5.41) is 18.3. The molecule has 0 unspecified atom stereocenters. The third kappa shape index (κ3) is 2.34. The molecule has 3 nitrogen and oxygen atoms in total. The van der Waals surface area contributed by atoms with Gasteiger partial charge in [-0.2, -0.15) is 5.26 Å². The molecule has 0 aliphatic rings. The van der Waals surface area contributed by atoms with Crippen LogP contribution >= 0.6 is 0 Å². The summed E-state index contributed by atoms with van der Waals surface area (Å²) < 4.78 is 5.17. The molecule has 2 aromatic carbocycles. The largest absolute Gasteiger partial charge is 0.497 e. The molecule has 3 heteroatoms. The number of ether oxygens (including phenoxy) is 1. The van der Waals surface area contributed by atoms with Crippen molar-refractivity contribution in [3.8, 4) is 22.9 Å². The Morgan fingerprint density at radius 3 is 2.72 bits per heavy atom. The van der Waals surface area contributed by atoms with Gasteiger partial charge in [-0.25, -0.2) is 0 Å². The van der Waals surface area contributed by atoms with Crippen LogP contribution in [0.5, 0.6) is 5.75 Å². The molecule has 0 saturated carbocycles. The Morgan fingerprint density at radius 1 is 1.22 bits per heavy atom. The molecule has 0 amide bonds. The van der Waals surface area contributed by atoms with Crippen molar-refractivity contribution in [3.63, 3.8) is 0 Å². The smallest absolute Gasteiger partial charge is 0.119 e. The minimum absolute atomic E-state index is 0.0142. The monoisotopic (exact) mass is 239 g/mol. The van der Waals surface area contributed by atoms with E-state index in [0.29, 0.717) is 11.3 Å². The van der Waals surface area contributed by atoms with Crippen LogP contribution in [0.15, 0.2) is 42.5 Å². The van der Waals surface area contributed by atoms with Crippen molar-refractivity contribution < 1.29 is 9.84 Å². The van der Waals surface area contributed by atoms with Gasteiger partial charge in [0.2, 0.25) is 0 Å². The topological polar surface area (TPSA) is 53.2 Å². The van der Waals surface area contributed by atoms with Crippen LogP contribution in [0.3, 0.4) is 0 Å². The van der Waals surface area contributed by atoms with Crippen molar-refractivity contribution in [2.24, 2.45) is 0 Å². The molecule has 0 atom stereocenters. The Morgan fingerprint density at radius 2 is 2.06 bits per heavy atom. The van der Waals surface area contributed by atoms with Crippen LogP contribution in [0.4, 0.5) is 0 Å². The highest BCUT2D eigenvalue weighted by Crippen LogP contribution is 2.28. The highest BCUT2D eigenvalue weighted by Gasteiger charge is 2.07. The van der Waals surface area contributed by atoms with Crippen LogP contribution in [-0.2, 0) is 6.61 Å². The van der Waals surface area contributed by atoms with Crippen LogP contribution in [0.25, 0.3) is 11.1 Å². The molecule has 0 aliphatic carbocycles. The fourth-order valence-corrected chi connectivity index (χ4v) is 1.82. The summed E-state index contributed by atoms with van der Waals surface area (Å²) in [6.45, 7) is -0.0142. The van der Waals surface area contributed by atoms with E-state index in [1.54, 1.807) is 19.2 Å². The lowest BCUT2D eigenvalue weighted by Crippen LogP contribution is -1.90. The van der Waals surface area contributed by atoms with Crippen LogP contribution in [-0.4, -0.2) is 12.2 Å². The maximum atomic E-state index is 9.15. The maximum Gasteiger partial charge on any atom is 0.119 e. The molecule has 0 spiro atoms. The van der Waals surface area contributed by atoms with Gasteiger partial charge in [0, 0.05) is 5.56 Å². The molecule has 0 aromatic heterocycles. The van der Waals surface area contributed by atoms with E-state index in [9.17, 15) is 0 Å². The van der Waals surface area contributed by atoms with Crippen molar-refractivity contribution in [2.45, 2.75) is 6.61 Å². The van der Waals surface area contributed by atoms with Crippen molar-refractivity contribution >= 4 is 0 Å². The number of nitrogens with zero attached hydrogens (tertiary/aromatic N) is 1. The van der Waals surface area contributed by atoms with Crippen molar-refractivity contribution in [1.82, 2.24) is 0 Å². The molecule has 0 radical (unpaired) electrons. The van der Waals surface area contributed by atoms with E-state index in [1.165, 1.54) is 0 Å². The fraction of sp³-hybridized carbons (Fsp3) is 0.133. The Labute approximate surface area is 106 Å². The lowest BCUT2D eigenvalue weighted by atomic mass is 9.98. The molecule has 0 aliphatic heterocycles. The number of methoxy groups -OCH3 is 1. The van der Waals surface area contributed by atoms with Crippen molar-refractivity contribution in [3.05, 3.63) is 53.6 Å². The van der Waals surface area contributed by atoms with Crippen molar-refractivity contribution in [1.29, 1.82) is 5.26 Å². The normalized spacial score (nSPS) is 9.83. The molecule has 18 heavy (non-hydrogen) atoms.